The summed E-state index contributed by atoms with van der Waals surface area (Å²) in [4.78, 5) is 17.2. The first-order valence-corrected chi connectivity index (χ1v) is 9.23. The number of aromatic nitrogens is 3. The highest BCUT2D eigenvalue weighted by Crippen LogP contribution is 2.23. The first-order valence-electron chi connectivity index (χ1n) is 9.23. The zero-order chi connectivity index (χ0) is 19.8. The Morgan fingerprint density at radius 3 is 2.54 bits per heavy atom. The minimum atomic E-state index is -0.299. The Morgan fingerprint density at radius 1 is 1.11 bits per heavy atom. The van der Waals surface area contributed by atoms with Gasteiger partial charge in [-0.15, -0.1) is 5.10 Å². The molecule has 0 radical (unpaired) electrons. The van der Waals surface area contributed by atoms with Crippen molar-refractivity contribution in [1.82, 2.24) is 14.8 Å². The van der Waals surface area contributed by atoms with Crippen LogP contribution in [0.15, 0.2) is 60.7 Å². The predicted molar refractivity (Wildman–Crippen MR) is 109 cm³/mol. The molecule has 0 spiro atoms. The number of ether oxygens (including phenoxy) is 2. The summed E-state index contributed by atoms with van der Waals surface area (Å²) in [7, 11) is 1.61. The lowest BCUT2D eigenvalue weighted by Gasteiger charge is -2.03. The molecule has 0 atom stereocenters. The second-order valence-corrected chi connectivity index (χ2v) is 6.14. The highest BCUT2D eigenvalue weighted by molar-refractivity contribution is 5.95. The fourth-order valence-corrected chi connectivity index (χ4v) is 2.55. The third-order valence-electron chi connectivity index (χ3n) is 4.09. The summed E-state index contributed by atoms with van der Waals surface area (Å²) in [6.07, 6.45) is 5.13. The van der Waals surface area contributed by atoms with Gasteiger partial charge in [0, 0.05) is 11.6 Å². The summed E-state index contributed by atoms with van der Waals surface area (Å²) in [6.45, 7) is 2.59. The normalized spacial score (nSPS) is 10.9. The van der Waals surface area contributed by atoms with E-state index >= 15 is 0 Å². The van der Waals surface area contributed by atoms with Crippen LogP contribution in [-0.2, 0) is 0 Å². The van der Waals surface area contributed by atoms with Crippen molar-refractivity contribution in [1.29, 1.82) is 0 Å². The van der Waals surface area contributed by atoms with Gasteiger partial charge >= 0.3 is 6.01 Å². The number of benzene rings is 2. The first kappa shape index (κ1) is 19.4. The second-order valence-electron chi connectivity index (χ2n) is 6.14. The molecule has 0 bridgehead atoms. The molecule has 0 amide bonds. The van der Waals surface area contributed by atoms with Crippen molar-refractivity contribution in [2.24, 2.45) is 0 Å². The van der Waals surface area contributed by atoms with Crippen LogP contribution in [0.25, 0.3) is 17.5 Å². The summed E-state index contributed by atoms with van der Waals surface area (Å²) >= 11 is 0. The average molecular weight is 377 g/mol. The number of carbonyl (C=O) groups is 1. The van der Waals surface area contributed by atoms with E-state index in [-0.39, 0.29) is 11.9 Å². The third-order valence-corrected chi connectivity index (χ3v) is 4.09. The number of nitrogens with zero attached hydrogens (tertiary/aromatic N) is 3. The summed E-state index contributed by atoms with van der Waals surface area (Å²) in [5.41, 5.74) is 1.68. The van der Waals surface area contributed by atoms with E-state index in [0.717, 1.165) is 29.7 Å². The van der Waals surface area contributed by atoms with Gasteiger partial charge in [0.2, 0.25) is 0 Å². The highest BCUT2D eigenvalue weighted by atomic mass is 16.5. The predicted octanol–water partition coefficient (Wildman–Crippen LogP) is 4.49. The van der Waals surface area contributed by atoms with Crippen molar-refractivity contribution in [3.63, 3.8) is 0 Å². The van der Waals surface area contributed by atoms with Gasteiger partial charge in [-0.05, 0) is 42.3 Å². The Morgan fingerprint density at radius 2 is 1.86 bits per heavy atom. The molecule has 0 aliphatic heterocycles. The Hall–Kier alpha value is -3.41. The zero-order valence-electron chi connectivity index (χ0n) is 16.0. The van der Waals surface area contributed by atoms with Crippen LogP contribution in [0.3, 0.4) is 0 Å². The van der Waals surface area contributed by atoms with Crippen molar-refractivity contribution in [3.05, 3.63) is 66.2 Å². The van der Waals surface area contributed by atoms with Gasteiger partial charge in [-0.25, -0.2) is 0 Å². The van der Waals surface area contributed by atoms with Gasteiger partial charge in [0.1, 0.15) is 5.75 Å². The van der Waals surface area contributed by atoms with Gasteiger partial charge in [-0.1, -0.05) is 43.7 Å². The Labute approximate surface area is 164 Å². The summed E-state index contributed by atoms with van der Waals surface area (Å²) in [5, 5.41) is 4.26. The molecule has 2 aromatic carbocycles. The molecular weight excluding hydrogens is 354 g/mol. The minimum Gasteiger partial charge on any atom is -0.497 e. The summed E-state index contributed by atoms with van der Waals surface area (Å²) < 4.78 is 12.1. The van der Waals surface area contributed by atoms with E-state index in [0.29, 0.717) is 12.4 Å². The van der Waals surface area contributed by atoms with Crippen LogP contribution in [0.2, 0.25) is 0 Å². The molecule has 0 saturated heterocycles. The van der Waals surface area contributed by atoms with E-state index in [2.05, 4.69) is 17.0 Å². The number of methoxy groups -OCH3 is 1. The van der Waals surface area contributed by atoms with Crippen molar-refractivity contribution >= 4 is 12.0 Å². The Bertz CT molecular complexity index is 931. The molecule has 0 fully saturated rings. The van der Waals surface area contributed by atoms with Gasteiger partial charge in [0.05, 0.1) is 13.7 Å². The molecule has 0 N–H and O–H groups in total. The summed E-state index contributed by atoms with van der Waals surface area (Å²) in [5.74, 6) is 0.855. The molecule has 0 aliphatic rings. The Kier molecular flexibility index (Phi) is 6.57. The molecule has 1 heterocycles. The van der Waals surface area contributed by atoms with Crippen LogP contribution in [-0.4, -0.2) is 34.4 Å². The minimum absolute atomic E-state index is 0.195. The van der Waals surface area contributed by atoms with Crippen LogP contribution < -0.4 is 9.47 Å². The molecule has 28 heavy (non-hydrogen) atoms. The number of carbonyl (C=O) groups excluding carboxylic acids is 1. The topological polar surface area (TPSA) is 66.2 Å². The average Bonchev–Trinajstić information content (AvgIpc) is 3.17. The van der Waals surface area contributed by atoms with Gasteiger partial charge < -0.3 is 9.47 Å². The number of hydrogen-bond donors (Lipinski definition) is 0. The molecule has 0 unspecified atom stereocenters. The van der Waals surface area contributed by atoms with Crippen LogP contribution in [0.1, 0.15) is 30.1 Å². The lowest BCUT2D eigenvalue weighted by molar-refractivity contribution is 0.0954. The molecule has 0 saturated carbocycles. The summed E-state index contributed by atoms with van der Waals surface area (Å²) in [6, 6.07) is 17.1. The molecule has 0 aliphatic carbocycles. The van der Waals surface area contributed by atoms with Crippen LogP contribution in [0.4, 0.5) is 0 Å². The maximum absolute atomic E-state index is 12.8. The van der Waals surface area contributed by atoms with Crippen LogP contribution in [0.5, 0.6) is 11.8 Å². The SMILES string of the molecule is CCCCOc1nc(-c2ccc(OC)cc2)n(C(=O)/C=C/c2ccccc2)n1. The smallest absolute Gasteiger partial charge is 0.336 e. The quantitative estimate of drug-likeness (QED) is 0.427. The number of unbranched alkanes of at least 4 members (excludes halogenated alkanes) is 1. The molecule has 6 heteroatoms. The monoisotopic (exact) mass is 377 g/mol. The van der Waals surface area contributed by atoms with Crippen molar-refractivity contribution in [2.75, 3.05) is 13.7 Å². The van der Waals surface area contributed by atoms with Crippen molar-refractivity contribution in [2.45, 2.75) is 19.8 Å². The van der Waals surface area contributed by atoms with E-state index in [1.165, 1.54) is 10.8 Å². The lowest BCUT2D eigenvalue weighted by atomic mass is 10.2. The van der Waals surface area contributed by atoms with Gasteiger partial charge in [-0.2, -0.15) is 9.67 Å². The number of rotatable bonds is 8. The zero-order valence-corrected chi connectivity index (χ0v) is 16.0. The van der Waals surface area contributed by atoms with E-state index < -0.39 is 0 Å². The molecule has 6 nitrogen and oxygen atoms in total. The van der Waals surface area contributed by atoms with E-state index in [4.69, 9.17) is 9.47 Å². The van der Waals surface area contributed by atoms with Gasteiger partial charge in [0.25, 0.3) is 5.91 Å². The van der Waals surface area contributed by atoms with Crippen molar-refractivity contribution in [3.8, 4) is 23.1 Å². The number of allylic oxidation sites excluding steroid dienone is 1. The standard InChI is InChI=1S/C22H23N3O3/c1-3-4-16-28-22-23-21(18-11-13-19(27-2)14-12-18)25(24-22)20(26)15-10-17-8-6-5-7-9-17/h5-15H,3-4,16H2,1-2H3/b15-10+. The molecule has 3 rings (SSSR count). The second kappa shape index (κ2) is 9.50. The fourth-order valence-electron chi connectivity index (χ4n) is 2.55. The molecule has 144 valence electrons. The fraction of sp³-hybridized carbons (Fsp3) is 0.227. The molecule has 3 aromatic rings. The van der Waals surface area contributed by atoms with E-state index in [1.807, 2.05) is 54.6 Å². The lowest BCUT2D eigenvalue weighted by Crippen LogP contribution is -2.11. The molecule has 1 aromatic heterocycles. The maximum Gasteiger partial charge on any atom is 0.336 e. The highest BCUT2D eigenvalue weighted by Gasteiger charge is 2.17. The van der Waals surface area contributed by atoms with Crippen LogP contribution in [0, 0.1) is 0 Å². The van der Waals surface area contributed by atoms with Gasteiger partial charge in [-0.3, -0.25) is 4.79 Å². The number of hydrogen-bond acceptors (Lipinski definition) is 5. The third kappa shape index (κ3) is 4.85. The maximum atomic E-state index is 12.8. The first-order chi connectivity index (χ1) is 13.7. The van der Waals surface area contributed by atoms with Gasteiger partial charge in [0.15, 0.2) is 5.82 Å². The Balaban J connectivity index is 1.90. The largest absolute Gasteiger partial charge is 0.497 e. The van der Waals surface area contributed by atoms with Crippen LogP contribution >= 0.6 is 0 Å². The molecular formula is C22H23N3O3. The van der Waals surface area contributed by atoms with Crippen molar-refractivity contribution < 1.29 is 14.3 Å². The van der Waals surface area contributed by atoms with E-state index in [9.17, 15) is 4.79 Å². The van der Waals surface area contributed by atoms with E-state index in [1.54, 1.807) is 13.2 Å².